The summed E-state index contributed by atoms with van der Waals surface area (Å²) < 4.78 is 10.4. The number of hydrogen-bond donors (Lipinski definition) is 0. The zero-order valence-corrected chi connectivity index (χ0v) is 20.7. The van der Waals surface area contributed by atoms with Gasteiger partial charge >= 0.3 is 11.9 Å². The topological polar surface area (TPSA) is 52.6 Å². The van der Waals surface area contributed by atoms with E-state index >= 15 is 0 Å². The highest BCUT2D eigenvalue weighted by Gasteiger charge is 2.26. The van der Waals surface area contributed by atoms with Crippen LogP contribution in [0.5, 0.6) is 5.75 Å². The number of hydrogen-bond acceptors (Lipinski definition) is 4. The van der Waals surface area contributed by atoms with Crippen LogP contribution in [0.15, 0.2) is 83.0 Å². The summed E-state index contributed by atoms with van der Waals surface area (Å²) in [5, 5.41) is 0. The number of benzene rings is 1. The van der Waals surface area contributed by atoms with Gasteiger partial charge in [-0.3, -0.25) is 0 Å². The monoisotopic (exact) mass is 448 g/mol. The Balaban J connectivity index is 2.02. The molecular formula is C29H36O4. The third-order valence-corrected chi connectivity index (χ3v) is 5.71. The molecule has 0 aliphatic heterocycles. The van der Waals surface area contributed by atoms with Crippen LogP contribution < -0.4 is 4.74 Å². The lowest BCUT2D eigenvalue weighted by Crippen LogP contribution is -2.19. The van der Waals surface area contributed by atoms with Crippen LogP contribution in [0.4, 0.5) is 0 Å². The summed E-state index contributed by atoms with van der Waals surface area (Å²) >= 11 is 0. The van der Waals surface area contributed by atoms with Crippen molar-refractivity contribution in [2.24, 2.45) is 5.41 Å². The number of rotatable bonds is 8. The Morgan fingerprint density at radius 2 is 1.82 bits per heavy atom. The maximum Gasteiger partial charge on any atom is 0.341 e. The highest BCUT2D eigenvalue weighted by atomic mass is 16.5. The SMILES string of the molecule is CCOC(=O)c1ccccc1OC(=O)/C=C(C)/C=C/C=C(C)/C=C/C1=C(C)CCCC1(C)C. The molecule has 4 heteroatoms. The Morgan fingerprint density at radius 1 is 1.09 bits per heavy atom. The minimum Gasteiger partial charge on any atom is -0.462 e. The summed E-state index contributed by atoms with van der Waals surface area (Å²) in [7, 11) is 0. The standard InChI is InChI=1S/C29H36O4/c1-7-32-28(31)24-15-8-9-16-26(24)33-27(30)20-22(3)13-10-12-21(2)17-18-25-23(4)14-11-19-29(25,5)6/h8-10,12-13,15-18,20H,7,11,14,19H2,1-6H3/b13-10+,18-17+,21-12+,22-20+. The Bertz CT molecular complexity index is 1020. The molecule has 0 spiro atoms. The molecule has 0 bridgehead atoms. The number of allylic oxidation sites excluding steroid dienone is 9. The average Bonchev–Trinajstić information content (AvgIpc) is 2.73. The molecule has 0 radical (unpaired) electrons. The van der Waals surface area contributed by atoms with Crippen LogP contribution in [-0.4, -0.2) is 18.5 Å². The van der Waals surface area contributed by atoms with E-state index in [2.05, 4.69) is 39.8 Å². The zero-order valence-electron chi connectivity index (χ0n) is 20.7. The van der Waals surface area contributed by atoms with Gasteiger partial charge in [-0.15, -0.1) is 0 Å². The molecule has 0 saturated carbocycles. The molecule has 0 unspecified atom stereocenters. The van der Waals surface area contributed by atoms with Gasteiger partial charge in [0.25, 0.3) is 0 Å². The Morgan fingerprint density at radius 3 is 2.52 bits per heavy atom. The minimum atomic E-state index is -0.545. The maximum absolute atomic E-state index is 12.3. The van der Waals surface area contributed by atoms with Gasteiger partial charge in [0.15, 0.2) is 0 Å². The van der Waals surface area contributed by atoms with Crippen molar-refractivity contribution >= 4 is 11.9 Å². The quantitative estimate of drug-likeness (QED) is 0.181. The van der Waals surface area contributed by atoms with E-state index in [1.807, 2.05) is 25.2 Å². The molecular weight excluding hydrogens is 412 g/mol. The minimum absolute atomic E-state index is 0.185. The van der Waals surface area contributed by atoms with E-state index in [1.54, 1.807) is 31.2 Å². The van der Waals surface area contributed by atoms with E-state index in [1.165, 1.54) is 36.5 Å². The van der Waals surface area contributed by atoms with Crippen LogP contribution in [0.3, 0.4) is 0 Å². The Hall–Kier alpha value is -3.14. The van der Waals surface area contributed by atoms with Gasteiger partial charge in [0.1, 0.15) is 11.3 Å². The first-order valence-electron chi connectivity index (χ1n) is 11.5. The lowest BCUT2D eigenvalue weighted by Gasteiger charge is -2.32. The second kappa shape index (κ2) is 12.2. The summed E-state index contributed by atoms with van der Waals surface area (Å²) in [6, 6.07) is 6.55. The molecule has 1 aliphatic rings. The van der Waals surface area contributed by atoms with Crippen molar-refractivity contribution in [1.82, 2.24) is 0 Å². The molecule has 1 aromatic carbocycles. The molecule has 33 heavy (non-hydrogen) atoms. The van der Waals surface area contributed by atoms with Crippen molar-refractivity contribution in [3.05, 3.63) is 88.6 Å². The summed E-state index contributed by atoms with van der Waals surface area (Å²) in [6.45, 7) is 12.7. The molecule has 0 saturated heterocycles. The smallest absolute Gasteiger partial charge is 0.341 e. The van der Waals surface area contributed by atoms with Crippen molar-refractivity contribution in [3.8, 4) is 5.75 Å². The first-order valence-corrected chi connectivity index (χ1v) is 11.5. The zero-order chi connectivity index (χ0) is 24.4. The number of para-hydroxylation sites is 1. The molecule has 176 valence electrons. The molecule has 4 nitrogen and oxygen atoms in total. The first kappa shape index (κ1) is 26.1. The predicted molar refractivity (Wildman–Crippen MR) is 134 cm³/mol. The number of carbonyl (C=O) groups is 2. The normalized spacial score (nSPS) is 17.0. The van der Waals surface area contributed by atoms with Crippen LogP contribution in [0, 0.1) is 5.41 Å². The Labute approximate surface area is 198 Å². The van der Waals surface area contributed by atoms with Crippen molar-refractivity contribution in [2.75, 3.05) is 6.61 Å². The Kier molecular flexibility index (Phi) is 9.65. The lowest BCUT2D eigenvalue weighted by atomic mass is 9.72. The van der Waals surface area contributed by atoms with Gasteiger partial charge in [0, 0.05) is 6.08 Å². The highest BCUT2D eigenvalue weighted by molar-refractivity contribution is 5.94. The largest absolute Gasteiger partial charge is 0.462 e. The molecule has 2 rings (SSSR count). The molecule has 0 fully saturated rings. The number of esters is 2. The molecule has 1 aromatic rings. The van der Waals surface area contributed by atoms with Gasteiger partial charge in [0.2, 0.25) is 0 Å². The van der Waals surface area contributed by atoms with Crippen LogP contribution in [-0.2, 0) is 9.53 Å². The van der Waals surface area contributed by atoms with E-state index < -0.39 is 11.9 Å². The van der Waals surface area contributed by atoms with E-state index in [0.717, 1.165) is 11.1 Å². The van der Waals surface area contributed by atoms with Gasteiger partial charge in [0.05, 0.1) is 6.61 Å². The maximum atomic E-state index is 12.3. The fourth-order valence-electron chi connectivity index (χ4n) is 3.94. The van der Waals surface area contributed by atoms with Crippen LogP contribution >= 0.6 is 0 Å². The summed E-state index contributed by atoms with van der Waals surface area (Å²) in [5.41, 5.74) is 5.24. The second-order valence-corrected chi connectivity index (χ2v) is 9.06. The van der Waals surface area contributed by atoms with Crippen molar-refractivity contribution in [2.45, 2.75) is 60.8 Å². The lowest BCUT2D eigenvalue weighted by molar-refractivity contribution is -0.129. The number of ether oxygens (including phenoxy) is 2. The average molecular weight is 449 g/mol. The van der Waals surface area contributed by atoms with Crippen molar-refractivity contribution < 1.29 is 19.1 Å². The van der Waals surface area contributed by atoms with Gasteiger partial charge in [-0.05, 0) is 75.7 Å². The highest BCUT2D eigenvalue weighted by Crippen LogP contribution is 2.40. The van der Waals surface area contributed by atoms with Gasteiger partial charge in [-0.2, -0.15) is 0 Å². The molecule has 0 heterocycles. The fourth-order valence-corrected chi connectivity index (χ4v) is 3.94. The second-order valence-electron chi connectivity index (χ2n) is 9.06. The van der Waals surface area contributed by atoms with Gasteiger partial charge < -0.3 is 9.47 Å². The van der Waals surface area contributed by atoms with Crippen LogP contribution in [0.1, 0.15) is 71.2 Å². The third kappa shape index (κ3) is 8.05. The first-order chi connectivity index (χ1) is 15.6. The molecule has 0 atom stereocenters. The van der Waals surface area contributed by atoms with Crippen molar-refractivity contribution in [1.29, 1.82) is 0 Å². The molecule has 0 aromatic heterocycles. The van der Waals surface area contributed by atoms with E-state index in [-0.39, 0.29) is 23.3 Å². The predicted octanol–water partition coefficient (Wildman–Crippen LogP) is 7.30. The summed E-state index contributed by atoms with van der Waals surface area (Å²) in [5.74, 6) is -0.876. The summed E-state index contributed by atoms with van der Waals surface area (Å²) in [6.07, 6.45) is 15.2. The molecule has 0 amide bonds. The van der Waals surface area contributed by atoms with E-state index in [4.69, 9.17) is 9.47 Å². The summed E-state index contributed by atoms with van der Waals surface area (Å²) in [4.78, 5) is 24.3. The molecule has 0 N–H and O–H groups in total. The van der Waals surface area contributed by atoms with Gasteiger partial charge in [-0.25, -0.2) is 9.59 Å². The van der Waals surface area contributed by atoms with Crippen LogP contribution in [0.2, 0.25) is 0 Å². The van der Waals surface area contributed by atoms with E-state index in [0.29, 0.717) is 0 Å². The fraction of sp³-hybridized carbons (Fsp3) is 0.379. The number of carbonyl (C=O) groups excluding carboxylic acids is 2. The van der Waals surface area contributed by atoms with Crippen LogP contribution in [0.25, 0.3) is 0 Å². The van der Waals surface area contributed by atoms with E-state index in [9.17, 15) is 9.59 Å². The van der Waals surface area contributed by atoms with Gasteiger partial charge in [-0.1, -0.05) is 67.5 Å². The molecule has 1 aliphatic carbocycles. The van der Waals surface area contributed by atoms with Crippen molar-refractivity contribution in [3.63, 3.8) is 0 Å². The third-order valence-electron chi connectivity index (χ3n) is 5.71.